The first-order chi connectivity index (χ1) is 1.73. The van der Waals surface area contributed by atoms with Crippen LogP contribution in [0.5, 0.6) is 0 Å². The van der Waals surface area contributed by atoms with Gasteiger partial charge in [-0.1, -0.05) is 0 Å². The predicted molar refractivity (Wildman–Crippen MR) is 28.5 cm³/mol. The van der Waals surface area contributed by atoms with E-state index in [1.54, 1.807) is 0 Å². The topological polar surface area (TPSA) is 57.5 Å². The molecule has 0 fully saturated rings. The fourth-order valence-electron chi connectivity index (χ4n) is 0. The Bertz CT molecular complexity index is 37.9. The van der Waals surface area contributed by atoms with Crippen LogP contribution in [-0.2, 0) is 0 Å². The molecule has 0 aromatic carbocycles. The fourth-order valence-corrected chi connectivity index (χ4v) is 0. The van der Waals surface area contributed by atoms with E-state index in [-0.39, 0.29) is 58.0 Å². The molecular formula is CH7CaLiO3. The molecule has 0 aromatic rings. The van der Waals surface area contributed by atoms with Gasteiger partial charge in [0, 0.05) is 1.43 Å². The van der Waals surface area contributed by atoms with Crippen molar-refractivity contribution >= 4 is 62.8 Å². The Balaban J connectivity index is -0.0000000150. The molecule has 0 radical (unpaired) electrons. The van der Waals surface area contributed by atoms with Crippen LogP contribution in [0.4, 0.5) is 4.79 Å². The van der Waals surface area contributed by atoms with Crippen LogP contribution in [0, 0.1) is 0 Å². The van der Waals surface area contributed by atoms with Crippen molar-refractivity contribution in [1.82, 2.24) is 0 Å². The maximum absolute atomic E-state index is 8.56. The van der Waals surface area contributed by atoms with Crippen molar-refractivity contribution in [3.8, 4) is 0 Å². The predicted octanol–water partition coefficient (Wildman–Crippen LogP) is -1.10. The van der Waals surface area contributed by atoms with E-state index in [2.05, 4.69) is 0 Å². The van der Waals surface area contributed by atoms with Crippen LogP contribution >= 0.6 is 0 Å². The first kappa shape index (κ1) is 15.7. The van der Waals surface area contributed by atoms with Gasteiger partial charge in [-0.25, -0.2) is 4.79 Å². The fraction of sp³-hybridized carbons (Fsp3) is 0. The Kier molecular flexibility index (Phi) is 24.8. The minimum absolute atomic E-state index is 0. The average molecular weight is 114 g/mol. The van der Waals surface area contributed by atoms with Crippen LogP contribution in [0.15, 0.2) is 0 Å². The number of hydrogen-bond donors (Lipinski definition) is 2. The molecule has 5 heteroatoms. The molecule has 0 amide bonds. The van der Waals surface area contributed by atoms with Gasteiger partial charge in [-0.3, -0.25) is 0 Å². The van der Waals surface area contributed by atoms with Gasteiger partial charge in [-0.15, -0.1) is 0 Å². The third kappa shape index (κ3) is 68.7. The maximum atomic E-state index is 8.56. The summed E-state index contributed by atoms with van der Waals surface area (Å²) in [6.45, 7) is 0. The number of carbonyl (C=O) groups is 1. The molecule has 6 heavy (non-hydrogen) atoms. The van der Waals surface area contributed by atoms with E-state index in [1.807, 2.05) is 0 Å². The Morgan fingerprint density at radius 2 is 1.50 bits per heavy atom. The molecule has 0 saturated carbocycles. The summed E-state index contributed by atoms with van der Waals surface area (Å²) in [6, 6.07) is 0. The second-order valence-electron chi connectivity index (χ2n) is 0.283. The van der Waals surface area contributed by atoms with Crippen molar-refractivity contribution in [3.05, 3.63) is 0 Å². The molecule has 0 bridgehead atoms. The normalized spacial score (nSPS) is 4.00. The molecule has 0 unspecified atom stereocenters. The second-order valence-corrected chi connectivity index (χ2v) is 0.283. The SMILES string of the molecule is O=C(O)O.[CaH2].[HH].[LiH]. The van der Waals surface area contributed by atoms with E-state index >= 15 is 0 Å². The Morgan fingerprint density at radius 3 is 1.50 bits per heavy atom. The van der Waals surface area contributed by atoms with E-state index in [1.165, 1.54) is 0 Å². The summed E-state index contributed by atoms with van der Waals surface area (Å²) in [7, 11) is 0. The standard InChI is InChI=1S/CH2O3.Ca.Li.H2.3H/c2-1(3)4;;;;;;/h(H2,2,3,4);;;1H;;;. The van der Waals surface area contributed by atoms with Crippen molar-refractivity contribution in [1.29, 1.82) is 0 Å². The molecule has 0 aliphatic heterocycles. The quantitative estimate of drug-likeness (QED) is 0.393. The van der Waals surface area contributed by atoms with Gasteiger partial charge >= 0.3 is 62.8 Å². The van der Waals surface area contributed by atoms with Crippen molar-refractivity contribution < 1.29 is 16.4 Å². The van der Waals surface area contributed by atoms with Crippen LogP contribution in [-0.4, -0.2) is 73.0 Å². The van der Waals surface area contributed by atoms with E-state index in [9.17, 15) is 0 Å². The molecule has 3 nitrogen and oxygen atoms in total. The number of carboxylic acid groups (broad SMARTS) is 2. The zero-order valence-corrected chi connectivity index (χ0v) is 1.80. The molecule has 0 spiro atoms. The number of rotatable bonds is 0. The van der Waals surface area contributed by atoms with E-state index in [4.69, 9.17) is 15.0 Å². The van der Waals surface area contributed by atoms with E-state index in [0.717, 1.165) is 0 Å². The van der Waals surface area contributed by atoms with Gasteiger partial charge in [-0.2, -0.15) is 0 Å². The molecule has 0 atom stereocenters. The Morgan fingerprint density at radius 1 is 1.50 bits per heavy atom. The van der Waals surface area contributed by atoms with Crippen LogP contribution in [0.25, 0.3) is 0 Å². The first-order valence-corrected chi connectivity index (χ1v) is 0.651. The van der Waals surface area contributed by atoms with Gasteiger partial charge in [0.2, 0.25) is 0 Å². The second kappa shape index (κ2) is 9.46. The van der Waals surface area contributed by atoms with Crippen molar-refractivity contribution in [3.63, 3.8) is 0 Å². The van der Waals surface area contributed by atoms with Crippen LogP contribution in [0.2, 0.25) is 0 Å². The monoisotopic (exact) mass is 114 g/mol. The molecule has 0 aliphatic carbocycles. The average Bonchev–Trinajstić information content (AvgIpc) is 0.811. The zero-order valence-electron chi connectivity index (χ0n) is 1.80. The summed E-state index contributed by atoms with van der Waals surface area (Å²) in [5, 5.41) is 13.9. The third-order valence-electron chi connectivity index (χ3n) is 0. The van der Waals surface area contributed by atoms with Gasteiger partial charge < -0.3 is 10.2 Å². The van der Waals surface area contributed by atoms with Crippen LogP contribution in [0.3, 0.4) is 0 Å². The van der Waals surface area contributed by atoms with Gasteiger partial charge in [0.1, 0.15) is 0 Å². The summed E-state index contributed by atoms with van der Waals surface area (Å²) >= 11 is 0. The summed E-state index contributed by atoms with van der Waals surface area (Å²) in [5.41, 5.74) is 0. The molecule has 0 aliphatic rings. The van der Waals surface area contributed by atoms with Crippen molar-refractivity contribution in [2.45, 2.75) is 0 Å². The first-order valence-electron chi connectivity index (χ1n) is 0.651. The van der Waals surface area contributed by atoms with Gasteiger partial charge in [-0.05, 0) is 0 Å². The molecule has 2 N–H and O–H groups in total. The van der Waals surface area contributed by atoms with E-state index < -0.39 is 6.16 Å². The molecule has 0 rings (SSSR count). The Labute approximate surface area is 78.4 Å². The van der Waals surface area contributed by atoms with Crippen molar-refractivity contribution in [2.75, 3.05) is 0 Å². The van der Waals surface area contributed by atoms with E-state index in [0.29, 0.717) is 0 Å². The van der Waals surface area contributed by atoms with Crippen LogP contribution < -0.4 is 0 Å². The van der Waals surface area contributed by atoms with Crippen molar-refractivity contribution in [2.24, 2.45) is 0 Å². The molecular weight excluding hydrogens is 107 g/mol. The van der Waals surface area contributed by atoms with Gasteiger partial charge in [0.05, 0.1) is 0 Å². The molecule has 0 heterocycles. The zero-order chi connectivity index (χ0) is 3.58. The third-order valence-corrected chi connectivity index (χ3v) is 0. The molecule has 32 valence electrons. The summed E-state index contributed by atoms with van der Waals surface area (Å²) < 4.78 is 0. The summed E-state index contributed by atoms with van der Waals surface area (Å²) in [6.07, 6.45) is -1.83. The minimum atomic E-state index is -1.83. The van der Waals surface area contributed by atoms with Gasteiger partial charge in [0.15, 0.2) is 0 Å². The molecule has 0 saturated heterocycles. The Hall–Kier alpha value is 1.13. The molecule has 0 aromatic heterocycles. The number of hydrogen-bond acceptors (Lipinski definition) is 1. The summed E-state index contributed by atoms with van der Waals surface area (Å²) in [4.78, 5) is 8.56. The summed E-state index contributed by atoms with van der Waals surface area (Å²) in [5.74, 6) is 0. The van der Waals surface area contributed by atoms with Crippen LogP contribution in [0.1, 0.15) is 1.43 Å². The van der Waals surface area contributed by atoms with Gasteiger partial charge in [0.25, 0.3) is 0 Å².